The molecular weight excluding hydrogens is 1660 g/mol. The maximum Gasteiger partial charge on any atom is 0.328 e. The number of aromatic hydroxyl groups is 1. The Kier molecular flexibility index (Phi) is 47.2. The number of carboxylic acids is 2. The van der Waals surface area contributed by atoms with Crippen molar-refractivity contribution < 1.29 is 127 Å². The lowest BCUT2D eigenvalue weighted by Crippen LogP contribution is -2.62. The van der Waals surface area contributed by atoms with Gasteiger partial charge in [-0.15, -0.1) is 0 Å². The van der Waals surface area contributed by atoms with Gasteiger partial charge in [-0.3, -0.25) is 86.3 Å². The van der Waals surface area contributed by atoms with Crippen LogP contribution in [0.15, 0.2) is 54.6 Å². The zero-order valence-electron chi connectivity index (χ0n) is 71.7. The van der Waals surface area contributed by atoms with E-state index in [9.17, 15) is 127 Å². The number of rotatable bonds is 56. The van der Waals surface area contributed by atoms with Crippen LogP contribution in [0.2, 0.25) is 0 Å². The number of likely N-dealkylation sites (tertiary alicyclic amines) is 1. The monoisotopic (exact) mass is 1780 g/mol. The SMILES string of the molecule is CSCCC(NC(=O)C(Cc1ccccc1)NC(=O)CNC(=O)CNC(=O)[C@H](Cc1ccc(O)cc1)NC(C)=O)C(=O)NC(C(=O)N[C@@H](CO)C(=O)NC(CCC(=O)O)C(=O)NC(CCCCN)C(=O)NC(CO)C(=O)NC(CCC(N)=O)C(=O)NC(C(=O)N1CCC[C@H]1C(=O)NC(CC(C)C)C(=O)NC(C(=O)NC(C(=O)O)[C@@H](C)O)C(C)C)[C@@H](C)O)C(C)C. The summed E-state index contributed by atoms with van der Waals surface area (Å²) in [4.78, 5) is 258. The molecule has 17 amide bonds. The summed E-state index contributed by atoms with van der Waals surface area (Å²) in [5.74, 6) is -21.4. The number of unbranched alkanes of at least 4 members (excludes halogenated alkanes) is 1. The molecule has 1 aliphatic heterocycles. The van der Waals surface area contributed by atoms with Crippen molar-refractivity contribution in [2.75, 3.05) is 51.4 Å². The number of phenols is 1. The number of aliphatic hydroxyl groups excluding tert-OH is 4. The van der Waals surface area contributed by atoms with Gasteiger partial charge in [0.05, 0.1) is 38.5 Å². The second-order valence-electron chi connectivity index (χ2n) is 31.3. The average molecular weight is 1790 g/mol. The molecule has 0 saturated carbocycles. The van der Waals surface area contributed by atoms with Crippen LogP contribution >= 0.6 is 11.8 Å². The summed E-state index contributed by atoms with van der Waals surface area (Å²) in [6, 6.07) is -8.32. The number of amides is 17. The van der Waals surface area contributed by atoms with E-state index in [2.05, 4.69) is 79.8 Å². The highest BCUT2D eigenvalue weighted by atomic mass is 32.2. The maximum absolute atomic E-state index is 14.4. The van der Waals surface area contributed by atoms with E-state index in [0.717, 1.165) is 18.7 Å². The normalized spacial score (nSPS) is 16.0. The number of nitrogens with one attached hydrogen (secondary N) is 15. The minimum Gasteiger partial charge on any atom is -0.508 e. The van der Waals surface area contributed by atoms with Crippen LogP contribution in [0.25, 0.3) is 0 Å². The number of carbonyl (C=O) groups excluding carboxylic acids is 17. The molecule has 44 nitrogen and oxygen atoms in total. The summed E-state index contributed by atoms with van der Waals surface area (Å²) in [7, 11) is 0. The van der Waals surface area contributed by atoms with Gasteiger partial charge in [0.1, 0.15) is 84.3 Å². The van der Waals surface area contributed by atoms with Crippen LogP contribution in [0, 0.1) is 17.8 Å². The Morgan fingerprint density at radius 3 is 1.37 bits per heavy atom. The minimum atomic E-state index is -2.00. The number of aliphatic carboxylic acids is 2. The Hall–Kier alpha value is -11.7. The van der Waals surface area contributed by atoms with E-state index in [0.29, 0.717) is 11.1 Å². The van der Waals surface area contributed by atoms with Crippen molar-refractivity contribution in [1.29, 1.82) is 0 Å². The highest BCUT2D eigenvalue weighted by Gasteiger charge is 2.44. The van der Waals surface area contributed by atoms with Crippen LogP contribution in [0.3, 0.4) is 0 Å². The Labute approximate surface area is 727 Å². The number of carbonyl (C=O) groups is 19. The van der Waals surface area contributed by atoms with Gasteiger partial charge in [-0.05, 0) is 131 Å². The Balaban J connectivity index is 1.82. The molecule has 2 aromatic rings. The highest BCUT2D eigenvalue weighted by Crippen LogP contribution is 2.22. The molecule has 1 heterocycles. The lowest BCUT2D eigenvalue weighted by molar-refractivity contribution is -0.145. The lowest BCUT2D eigenvalue weighted by atomic mass is 9.99. The van der Waals surface area contributed by atoms with Gasteiger partial charge in [0.15, 0.2) is 6.04 Å². The molecule has 1 aliphatic rings. The van der Waals surface area contributed by atoms with Crippen molar-refractivity contribution in [2.45, 2.75) is 243 Å². The first-order chi connectivity index (χ1) is 58.9. The van der Waals surface area contributed by atoms with E-state index >= 15 is 0 Å². The molecular formula is C80H124N18O26S. The number of phenolic OH excluding ortho intramolecular Hbond substituents is 1. The summed E-state index contributed by atoms with van der Waals surface area (Å²) in [6.45, 7) is 9.18. The number of primary amides is 1. The average Bonchev–Trinajstić information content (AvgIpc) is 1.48. The van der Waals surface area contributed by atoms with E-state index < -0.39 is 273 Å². The number of aliphatic hydroxyl groups is 4. The standard InChI is InChI=1S/C80H124N18O26S/c1-40(2)33-53(73(116)95-64(42(5)6)78(121)97-66(44(8)102)80(123)124)91-76(119)58-20-16-31-98(58)79(122)65(43(7)101)96-70(113)50(25-27-59(82)105)88-74(117)56(38-99)92-68(111)49(19-14-15-30-81)87-69(112)51(26-28-62(108)109)89-75(118)57(39-100)93-77(120)63(41(3)4)94-71(114)52(29-32-125-10)90-72(115)55(34-46-17-12-11-13-18-46)86-61(107)37-83-60(106)36-84-67(110)54(85-45(9)103)35-47-21-23-48(104)24-22-47/h11-13,17-18,21-24,40-44,49-58,63-66,99-102,104H,14-16,19-20,25-39,81H2,1-10H3,(H2,82,105)(H,83,106)(H,84,110)(H,85,103)(H,86,107)(H,87,112)(H,88,117)(H,89,118)(H,90,115)(H,91,119)(H,92,111)(H,93,120)(H,94,114)(H,95,116)(H,96,113)(H,97,121)(H,108,109)(H,123,124)/t43-,44-,49?,50?,51?,52?,53?,54+,55?,56?,57+,58+,63?,64?,65?,66?/m1/s1. The lowest BCUT2D eigenvalue weighted by Gasteiger charge is -2.32. The van der Waals surface area contributed by atoms with Crippen LogP contribution in [0.1, 0.15) is 144 Å². The van der Waals surface area contributed by atoms with Crippen LogP contribution < -0.4 is 91.2 Å². The van der Waals surface area contributed by atoms with Crippen LogP contribution in [-0.4, -0.2) is 301 Å². The number of benzene rings is 2. The molecule has 2 aromatic carbocycles. The van der Waals surface area contributed by atoms with Gasteiger partial charge >= 0.3 is 11.9 Å². The van der Waals surface area contributed by atoms with Gasteiger partial charge in [0, 0.05) is 39.2 Å². The third-order valence-corrected chi connectivity index (χ3v) is 20.3. The molecule has 0 bridgehead atoms. The predicted octanol–water partition coefficient (Wildman–Crippen LogP) is -7.08. The Morgan fingerprint density at radius 2 is 0.896 bits per heavy atom. The number of hydrogen-bond acceptors (Lipinski definition) is 26. The summed E-state index contributed by atoms with van der Waals surface area (Å²) in [5, 5.41) is 107. The first kappa shape index (κ1) is 108. The third-order valence-electron chi connectivity index (χ3n) is 19.7. The minimum absolute atomic E-state index is 0.00160. The summed E-state index contributed by atoms with van der Waals surface area (Å²) in [5.41, 5.74) is 12.3. The van der Waals surface area contributed by atoms with Crippen molar-refractivity contribution in [3.63, 3.8) is 0 Å². The van der Waals surface area contributed by atoms with Gasteiger partial charge in [0.2, 0.25) is 100 Å². The van der Waals surface area contributed by atoms with Crippen molar-refractivity contribution >= 4 is 124 Å². The highest BCUT2D eigenvalue weighted by molar-refractivity contribution is 7.98. The summed E-state index contributed by atoms with van der Waals surface area (Å²) >= 11 is 1.28. The van der Waals surface area contributed by atoms with E-state index in [-0.39, 0.29) is 88.3 Å². The molecule has 11 unspecified atom stereocenters. The molecule has 26 N–H and O–H groups in total. The summed E-state index contributed by atoms with van der Waals surface area (Å²) < 4.78 is 0. The zero-order valence-corrected chi connectivity index (χ0v) is 72.5. The second kappa shape index (κ2) is 54.8. The van der Waals surface area contributed by atoms with Crippen LogP contribution in [-0.2, 0) is 104 Å². The van der Waals surface area contributed by atoms with Gasteiger partial charge in [0.25, 0.3) is 0 Å². The first-order valence-electron chi connectivity index (χ1n) is 40.9. The van der Waals surface area contributed by atoms with Crippen molar-refractivity contribution in [3.8, 4) is 5.75 Å². The number of nitrogens with two attached hydrogens (primary N) is 2. The zero-order chi connectivity index (χ0) is 94.1. The number of nitrogens with zero attached hydrogens (tertiary/aromatic N) is 1. The third kappa shape index (κ3) is 38.1. The maximum atomic E-state index is 14.4. The molecule has 0 radical (unpaired) electrons. The Morgan fingerprint density at radius 1 is 0.464 bits per heavy atom. The molecule has 0 aromatic heterocycles. The first-order valence-corrected chi connectivity index (χ1v) is 42.3. The second-order valence-corrected chi connectivity index (χ2v) is 32.3. The molecule has 1 saturated heterocycles. The smallest absolute Gasteiger partial charge is 0.328 e. The number of thioether (sulfide) groups is 1. The fourth-order valence-electron chi connectivity index (χ4n) is 12.8. The van der Waals surface area contributed by atoms with Gasteiger partial charge < -0.3 is 132 Å². The number of hydrogen-bond donors (Lipinski definition) is 24. The van der Waals surface area contributed by atoms with Crippen LogP contribution in [0.4, 0.5) is 0 Å². The summed E-state index contributed by atoms with van der Waals surface area (Å²) in [6.07, 6.45) is -4.29. The van der Waals surface area contributed by atoms with E-state index in [1.165, 1.54) is 56.8 Å². The molecule has 696 valence electrons. The Bertz CT molecular complexity index is 4010. The molecule has 0 spiro atoms. The van der Waals surface area contributed by atoms with E-state index in [4.69, 9.17) is 11.5 Å². The molecule has 0 aliphatic carbocycles. The van der Waals surface area contributed by atoms with Crippen molar-refractivity contribution in [1.82, 2.24) is 84.7 Å². The van der Waals surface area contributed by atoms with E-state index in [1.54, 1.807) is 64.3 Å². The molecule has 3 rings (SSSR count). The van der Waals surface area contributed by atoms with Gasteiger partial charge in [-0.25, -0.2) is 4.79 Å². The van der Waals surface area contributed by atoms with Crippen LogP contribution in [0.5, 0.6) is 5.75 Å². The predicted molar refractivity (Wildman–Crippen MR) is 449 cm³/mol. The molecule has 1 fully saturated rings. The fourth-order valence-corrected chi connectivity index (χ4v) is 13.3. The molecule has 125 heavy (non-hydrogen) atoms. The largest absolute Gasteiger partial charge is 0.508 e. The number of carboxylic acid groups (broad SMARTS) is 2. The van der Waals surface area contributed by atoms with Crippen molar-refractivity contribution in [3.05, 3.63) is 65.7 Å². The topological polar surface area (TPSA) is 702 Å². The molecule has 16 atom stereocenters. The van der Waals surface area contributed by atoms with E-state index in [1.807, 2.05) is 0 Å². The fraction of sp³-hybridized carbons (Fsp3) is 0.613. The van der Waals surface area contributed by atoms with Crippen molar-refractivity contribution in [2.24, 2.45) is 29.2 Å². The van der Waals surface area contributed by atoms with Gasteiger partial charge in [-0.1, -0.05) is 84.0 Å². The van der Waals surface area contributed by atoms with Gasteiger partial charge in [-0.2, -0.15) is 11.8 Å². The molecule has 45 heteroatoms. The quantitative estimate of drug-likeness (QED) is 0.0274.